The molecule has 8 heteroatoms. The van der Waals surface area contributed by atoms with Crippen LogP contribution in [-0.4, -0.2) is 59.2 Å². The molecule has 21 heavy (non-hydrogen) atoms. The number of fused-ring (bicyclic) bond motifs is 1. The number of H-pyrrole nitrogens is 1. The van der Waals surface area contributed by atoms with Crippen molar-refractivity contribution < 1.29 is 9.47 Å². The quantitative estimate of drug-likeness (QED) is 0.730. The van der Waals surface area contributed by atoms with Crippen molar-refractivity contribution in [1.82, 2.24) is 20.2 Å². The molecule has 1 saturated heterocycles. The number of hydrogen-bond donors (Lipinski definition) is 3. The minimum Gasteiger partial charge on any atom is -0.376 e. The molecule has 114 valence electrons. The van der Waals surface area contributed by atoms with E-state index in [1.165, 1.54) is 0 Å². The van der Waals surface area contributed by atoms with E-state index in [0.717, 1.165) is 24.2 Å². The van der Waals surface area contributed by atoms with Gasteiger partial charge in [-0.05, 0) is 6.42 Å². The molecule has 0 bridgehead atoms. The third kappa shape index (κ3) is 3.40. The van der Waals surface area contributed by atoms with Gasteiger partial charge in [0.15, 0.2) is 5.65 Å². The fourth-order valence-corrected chi connectivity index (χ4v) is 2.15. The standard InChI is InChI=1S/C13H20N6O2/c1-2-3-14-13-17-11(10-7-16-19-12(10)18-13)15-6-9-8-20-4-5-21-9/h7,9H,2-6,8H2,1H3,(H3,14,15,16,17,18,19). The number of anilines is 2. The number of rotatable bonds is 6. The van der Waals surface area contributed by atoms with Gasteiger partial charge in [-0.1, -0.05) is 6.92 Å². The fourth-order valence-electron chi connectivity index (χ4n) is 2.15. The van der Waals surface area contributed by atoms with E-state index in [1.807, 2.05) is 0 Å². The normalized spacial score (nSPS) is 18.8. The van der Waals surface area contributed by atoms with Gasteiger partial charge in [-0.3, -0.25) is 5.10 Å². The van der Waals surface area contributed by atoms with Gasteiger partial charge in [0, 0.05) is 13.1 Å². The first-order chi connectivity index (χ1) is 10.4. The second-order valence-corrected chi connectivity index (χ2v) is 4.90. The average Bonchev–Trinajstić information content (AvgIpc) is 3.00. The van der Waals surface area contributed by atoms with Crippen LogP contribution in [0.2, 0.25) is 0 Å². The molecule has 1 fully saturated rings. The molecule has 0 spiro atoms. The zero-order valence-electron chi connectivity index (χ0n) is 12.1. The van der Waals surface area contributed by atoms with Crippen molar-refractivity contribution in [3.63, 3.8) is 0 Å². The van der Waals surface area contributed by atoms with Crippen LogP contribution in [0, 0.1) is 0 Å². The zero-order chi connectivity index (χ0) is 14.5. The first kappa shape index (κ1) is 14.0. The molecule has 2 aromatic rings. The van der Waals surface area contributed by atoms with Gasteiger partial charge in [0.2, 0.25) is 5.95 Å². The smallest absolute Gasteiger partial charge is 0.226 e. The number of nitrogens with one attached hydrogen (secondary N) is 3. The van der Waals surface area contributed by atoms with E-state index in [0.29, 0.717) is 38.0 Å². The summed E-state index contributed by atoms with van der Waals surface area (Å²) in [5, 5.41) is 14.3. The summed E-state index contributed by atoms with van der Waals surface area (Å²) < 4.78 is 11.0. The van der Waals surface area contributed by atoms with Crippen molar-refractivity contribution in [3.8, 4) is 0 Å². The molecule has 1 aliphatic heterocycles. The maximum Gasteiger partial charge on any atom is 0.226 e. The molecule has 0 aliphatic carbocycles. The van der Waals surface area contributed by atoms with Gasteiger partial charge >= 0.3 is 0 Å². The van der Waals surface area contributed by atoms with E-state index < -0.39 is 0 Å². The lowest BCUT2D eigenvalue weighted by atomic mass is 10.3. The highest BCUT2D eigenvalue weighted by Gasteiger charge is 2.16. The molecule has 0 amide bonds. The summed E-state index contributed by atoms with van der Waals surface area (Å²) in [6.45, 7) is 5.49. The average molecular weight is 292 g/mol. The third-order valence-electron chi connectivity index (χ3n) is 3.23. The van der Waals surface area contributed by atoms with Gasteiger partial charge in [-0.15, -0.1) is 0 Å². The maximum atomic E-state index is 5.62. The lowest BCUT2D eigenvalue weighted by Crippen LogP contribution is -2.34. The monoisotopic (exact) mass is 292 g/mol. The molecule has 1 unspecified atom stereocenters. The molecule has 3 N–H and O–H groups in total. The van der Waals surface area contributed by atoms with Crippen molar-refractivity contribution in [3.05, 3.63) is 6.20 Å². The van der Waals surface area contributed by atoms with Crippen LogP contribution in [-0.2, 0) is 9.47 Å². The fraction of sp³-hybridized carbons (Fsp3) is 0.615. The predicted octanol–water partition coefficient (Wildman–Crippen LogP) is 1.00. The minimum atomic E-state index is 0.0442. The van der Waals surface area contributed by atoms with E-state index in [1.54, 1.807) is 6.20 Å². The Labute approximate surface area is 122 Å². The third-order valence-corrected chi connectivity index (χ3v) is 3.23. The Hall–Kier alpha value is -1.93. The lowest BCUT2D eigenvalue weighted by molar-refractivity contribution is -0.0819. The first-order valence-corrected chi connectivity index (χ1v) is 7.25. The summed E-state index contributed by atoms with van der Waals surface area (Å²) in [5.74, 6) is 1.35. The van der Waals surface area contributed by atoms with Gasteiger partial charge in [-0.25, -0.2) is 0 Å². The molecule has 2 aromatic heterocycles. The number of aromatic amines is 1. The summed E-state index contributed by atoms with van der Waals surface area (Å²) in [5.41, 5.74) is 0.715. The molecular weight excluding hydrogens is 272 g/mol. The molecule has 1 atom stereocenters. The highest BCUT2D eigenvalue weighted by atomic mass is 16.6. The van der Waals surface area contributed by atoms with E-state index in [9.17, 15) is 0 Å². The van der Waals surface area contributed by atoms with Crippen LogP contribution in [0.25, 0.3) is 11.0 Å². The van der Waals surface area contributed by atoms with Gasteiger partial charge in [0.1, 0.15) is 5.82 Å². The maximum absolute atomic E-state index is 5.62. The van der Waals surface area contributed by atoms with Crippen molar-refractivity contribution in [2.45, 2.75) is 19.4 Å². The van der Waals surface area contributed by atoms with E-state index in [-0.39, 0.29) is 6.10 Å². The molecule has 8 nitrogen and oxygen atoms in total. The van der Waals surface area contributed by atoms with Crippen molar-refractivity contribution in [2.75, 3.05) is 43.5 Å². The Morgan fingerprint density at radius 2 is 2.29 bits per heavy atom. The topological polar surface area (TPSA) is 97.0 Å². The molecular formula is C13H20N6O2. The number of ether oxygens (including phenoxy) is 2. The Morgan fingerprint density at radius 1 is 1.33 bits per heavy atom. The van der Waals surface area contributed by atoms with Crippen molar-refractivity contribution in [2.24, 2.45) is 0 Å². The summed E-state index contributed by atoms with van der Waals surface area (Å²) in [7, 11) is 0. The highest BCUT2D eigenvalue weighted by Crippen LogP contribution is 2.20. The van der Waals surface area contributed by atoms with Crippen molar-refractivity contribution in [1.29, 1.82) is 0 Å². The SMILES string of the molecule is CCCNc1nc(NCC2COCCO2)c2cn[nH]c2n1. The van der Waals surface area contributed by atoms with Crippen LogP contribution in [0.15, 0.2) is 6.20 Å². The Balaban J connectivity index is 1.73. The summed E-state index contributed by atoms with van der Waals surface area (Å²) in [6.07, 6.45) is 2.78. The van der Waals surface area contributed by atoms with Crippen LogP contribution in [0.1, 0.15) is 13.3 Å². The summed E-state index contributed by atoms with van der Waals surface area (Å²) in [6, 6.07) is 0. The Kier molecular flexibility index (Phi) is 4.46. The number of nitrogens with zero attached hydrogens (tertiary/aromatic N) is 3. The van der Waals surface area contributed by atoms with Gasteiger partial charge in [0.05, 0.1) is 37.5 Å². The van der Waals surface area contributed by atoms with Crippen LogP contribution in [0.3, 0.4) is 0 Å². The second-order valence-electron chi connectivity index (χ2n) is 4.90. The predicted molar refractivity (Wildman–Crippen MR) is 79.5 cm³/mol. The van der Waals surface area contributed by atoms with E-state index in [4.69, 9.17) is 9.47 Å². The molecule has 1 aliphatic rings. The molecule has 0 saturated carbocycles. The zero-order valence-corrected chi connectivity index (χ0v) is 12.1. The minimum absolute atomic E-state index is 0.0442. The first-order valence-electron chi connectivity index (χ1n) is 7.25. The van der Waals surface area contributed by atoms with Crippen LogP contribution in [0.4, 0.5) is 11.8 Å². The summed E-state index contributed by atoms with van der Waals surface area (Å²) in [4.78, 5) is 8.90. The molecule has 3 rings (SSSR count). The Morgan fingerprint density at radius 3 is 3.10 bits per heavy atom. The van der Waals surface area contributed by atoms with Gasteiger partial charge in [-0.2, -0.15) is 15.1 Å². The van der Waals surface area contributed by atoms with Crippen LogP contribution < -0.4 is 10.6 Å². The largest absolute Gasteiger partial charge is 0.376 e. The molecule has 3 heterocycles. The van der Waals surface area contributed by atoms with E-state index in [2.05, 4.69) is 37.7 Å². The second kappa shape index (κ2) is 6.68. The molecule has 0 aromatic carbocycles. The van der Waals surface area contributed by atoms with Crippen LogP contribution >= 0.6 is 0 Å². The molecule has 0 radical (unpaired) electrons. The lowest BCUT2D eigenvalue weighted by Gasteiger charge is -2.23. The van der Waals surface area contributed by atoms with E-state index >= 15 is 0 Å². The number of hydrogen-bond acceptors (Lipinski definition) is 7. The van der Waals surface area contributed by atoms with Crippen molar-refractivity contribution >= 4 is 22.8 Å². The highest BCUT2D eigenvalue weighted by molar-refractivity contribution is 5.86. The summed E-state index contributed by atoms with van der Waals surface area (Å²) >= 11 is 0. The number of aromatic nitrogens is 4. The van der Waals surface area contributed by atoms with Crippen LogP contribution in [0.5, 0.6) is 0 Å². The van der Waals surface area contributed by atoms with Gasteiger partial charge < -0.3 is 20.1 Å². The Bertz CT molecular complexity index is 581. The van der Waals surface area contributed by atoms with Gasteiger partial charge in [0.25, 0.3) is 0 Å².